The Balaban J connectivity index is 1.63. The van der Waals surface area contributed by atoms with Crippen molar-refractivity contribution in [3.63, 3.8) is 0 Å². The quantitative estimate of drug-likeness (QED) is 0.580. The summed E-state index contributed by atoms with van der Waals surface area (Å²) in [4.78, 5) is 15.8. The van der Waals surface area contributed by atoms with E-state index < -0.39 is 0 Å². The first-order chi connectivity index (χ1) is 15.2. The van der Waals surface area contributed by atoms with Gasteiger partial charge in [0.1, 0.15) is 5.75 Å². The Labute approximate surface area is 185 Å². The van der Waals surface area contributed by atoms with E-state index >= 15 is 0 Å². The van der Waals surface area contributed by atoms with E-state index in [2.05, 4.69) is 23.6 Å². The summed E-state index contributed by atoms with van der Waals surface area (Å²) in [5.41, 5.74) is 2.97. The van der Waals surface area contributed by atoms with Gasteiger partial charge in [0, 0.05) is 24.6 Å². The first-order valence-corrected chi connectivity index (χ1v) is 11.1. The van der Waals surface area contributed by atoms with Crippen LogP contribution in [0.2, 0.25) is 0 Å². The van der Waals surface area contributed by atoms with Crippen LogP contribution in [0, 0.1) is 0 Å². The van der Waals surface area contributed by atoms with E-state index in [1.165, 1.54) is 12.8 Å². The number of carbonyl (C=O) groups is 1. The molecule has 31 heavy (non-hydrogen) atoms. The Morgan fingerprint density at radius 1 is 1.16 bits per heavy atom. The molecule has 5 heteroatoms. The zero-order chi connectivity index (χ0) is 21.6. The van der Waals surface area contributed by atoms with Crippen molar-refractivity contribution in [2.45, 2.75) is 44.2 Å². The highest BCUT2D eigenvalue weighted by atomic mass is 16.5. The molecule has 0 N–H and O–H groups in total. The largest absolute Gasteiger partial charge is 0.496 e. The number of hydrogen-bond donors (Lipinski definition) is 0. The van der Waals surface area contributed by atoms with Crippen LogP contribution in [0.3, 0.4) is 0 Å². The van der Waals surface area contributed by atoms with Crippen LogP contribution in [0.15, 0.2) is 72.4 Å². The number of ether oxygens (including phenoxy) is 1. The summed E-state index contributed by atoms with van der Waals surface area (Å²) < 4.78 is 5.62. The van der Waals surface area contributed by atoms with E-state index in [9.17, 15) is 4.79 Å². The van der Waals surface area contributed by atoms with Crippen LogP contribution < -0.4 is 4.74 Å². The lowest BCUT2D eigenvalue weighted by atomic mass is 9.97. The topological polar surface area (TPSA) is 45.1 Å². The molecular formula is C26H31N3O2. The Hall–Kier alpha value is -2.92. The molecule has 1 aliphatic carbocycles. The van der Waals surface area contributed by atoms with Gasteiger partial charge in [-0.2, -0.15) is 5.10 Å². The Kier molecular flexibility index (Phi) is 6.82. The fraction of sp³-hybridized carbons (Fsp3) is 0.385. The summed E-state index contributed by atoms with van der Waals surface area (Å²) in [5.74, 6) is 0.809. The van der Waals surface area contributed by atoms with Gasteiger partial charge in [0.2, 0.25) is 0 Å². The maximum Gasteiger partial charge on any atom is 0.257 e. The summed E-state index contributed by atoms with van der Waals surface area (Å²) in [6.07, 6.45) is 7.32. The van der Waals surface area contributed by atoms with Crippen molar-refractivity contribution >= 4 is 11.6 Å². The lowest BCUT2D eigenvalue weighted by molar-refractivity contribution is -0.134. The van der Waals surface area contributed by atoms with Gasteiger partial charge in [0.05, 0.1) is 25.4 Å². The second kappa shape index (κ2) is 9.92. The number of para-hydroxylation sites is 1. The summed E-state index contributed by atoms with van der Waals surface area (Å²) >= 11 is 0. The zero-order valence-electron chi connectivity index (χ0n) is 18.2. The SMILES string of the molecule is C=CCN(CC(=O)N1N=C(c2ccccc2)CC1c1ccccc1OC)C1CCCC1. The molecule has 2 aliphatic rings. The molecule has 0 spiro atoms. The van der Waals surface area contributed by atoms with Crippen molar-refractivity contribution in [1.82, 2.24) is 9.91 Å². The molecule has 1 heterocycles. The van der Waals surface area contributed by atoms with Gasteiger partial charge in [0.15, 0.2) is 0 Å². The number of hydrogen-bond acceptors (Lipinski definition) is 4. The highest BCUT2D eigenvalue weighted by Crippen LogP contribution is 2.37. The van der Waals surface area contributed by atoms with Gasteiger partial charge in [0.25, 0.3) is 5.91 Å². The minimum absolute atomic E-state index is 0.0237. The summed E-state index contributed by atoms with van der Waals surface area (Å²) in [6, 6.07) is 18.3. The fourth-order valence-corrected chi connectivity index (χ4v) is 4.75. The van der Waals surface area contributed by atoms with Crippen molar-refractivity contribution < 1.29 is 9.53 Å². The third-order valence-corrected chi connectivity index (χ3v) is 6.31. The molecule has 1 aliphatic heterocycles. The summed E-state index contributed by atoms with van der Waals surface area (Å²) in [7, 11) is 1.67. The molecule has 4 rings (SSSR count). The van der Waals surface area contributed by atoms with Gasteiger partial charge in [-0.05, 0) is 24.5 Å². The number of amides is 1. The second-order valence-corrected chi connectivity index (χ2v) is 8.27. The summed E-state index contributed by atoms with van der Waals surface area (Å²) in [5, 5.41) is 6.51. The summed E-state index contributed by atoms with van der Waals surface area (Å²) in [6.45, 7) is 4.98. The number of rotatable bonds is 8. The molecule has 1 fully saturated rings. The maximum atomic E-state index is 13.5. The predicted molar refractivity (Wildman–Crippen MR) is 124 cm³/mol. The second-order valence-electron chi connectivity index (χ2n) is 8.27. The third-order valence-electron chi connectivity index (χ3n) is 6.31. The molecule has 0 aromatic heterocycles. The predicted octanol–water partition coefficient (Wildman–Crippen LogP) is 4.80. The van der Waals surface area contributed by atoms with E-state index in [-0.39, 0.29) is 11.9 Å². The highest BCUT2D eigenvalue weighted by molar-refractivity contribution is 6.03. The average Bonchev–Trinajstić information content (AvgIpc) is 3.50. The van der Waals surface area contributed by atoms with E-state index in [1.54, 1.807) is 12.1 Å². The van der Waals surface area contributed by atoms with E-state index in [1.807, 2.05) is 48.5 Å². The Morgan fingerprint density at radius 3 is 2.58 bits per heavy atom. The van der Waals surface area contributed by atoms with Crippen LogP contribution in [0.4, 0.5) is 0 Å². The first-order valence-electron chi connectivity index (χ1n) is 11.1. The molecule has 2 aromatic rings. The molecule has 1 atom stereocenters. The monoisotopic (exact) mass is 417 g/mol. The van der Waals surface area contributed by atoms with Crippen LogP contribution >= 0.6 is 0 Å². The number of benzene rings is 2. The highest BCUT2D eigenvalue weighted by Gasteiger charge is 2.36. The molecular weight excluding hydrogens is 386 g/mol. The van der Waals surface area contributed by atoms with E-state index in [0.29, 0.717) is 19.0 Å². The van der Waals surface area contributed by atoms with Gasteiger partial charge in [-0.25, -0.2) is 5.01 Å². The standard InChI is InChI=1S/C26H31N3O2/c1-3-17-28(21-13-7-8-14-21)19-26(30)29-24(22-15-9-10-16-25(22)31-2)18-23(27-29)20-11-5-4-6-12-20/h3-6,9-12,15-16,21,24H,1,7-8,13-14,17-19H2,2H3. The van der Waals surface area contributed by atoms with Gasteiger partial charge < -0.3 is 4.74 Å². The minimum atomic E-state index is -0.173. The van der Waals surface area contributed by atoms with Crippen molar-refractivity contribution in [2.75, 3.05) is 20.2 Å². The average molecular weight is 418 g/mol. The van der Waals surface area contributed by atoms with Gasteiger partial charge in [-0.3, -0.25) is 9.69 Å². The molecule has 162 valence electrons. The Morgan fingerprint density at radius 2 is 1.87 bits per heavy atom. The molecule has 0 bridgehead atoms. The normalized spacial score (nSPS) is 19.0. The van der Waals surface area contributed by atoms with Crippen LogP contribution in [0.1, 0.15) is 49.3 Å². The molecule has 1 amide bonds. The molecule has 0 radical (unpaired) electrons. The van der Waals surface area contributed by atoms with Crippen LogP contribution in [0.25, 0.3) is 0 Å². The van der Waals surface area contributed by atoms with E-state index in [0.717, 1.165) is 42.0 Å². The molecule has 1 saturated carbocycles. The van der Waals surface area contributed by atoms with Gasteiger partial charge in [-0.15, -0.1) is 6.58 Å². The minimum Gasteiger partial charge on any atom is -0.496 e. The number of methoxy groups -OCH3 is 1. The van der Waals surface area contributed by atoms with Crippen molar-refractivity contribution in [1.29, 1.82) is 0 Å². The van der Waals surface area contributed by atoms with Crippen LogP contribution in [0.5, 0.6) is 5.75 Å². The fourth-order valence-electron chi connectivity index (χ4n) is 4.75. The lowest BCUT2D eigenvalue weighted by Gasteiger charge is -2.30. The third kappa shape index (κ3) is 4.72. The number of hydrazone groups is 1. The zero-order valence-corrected chi connectivity index (χ0v) is 18.2. The molecule has 2 aromatic carbocycles. The van der Waals surface area contributed by atoms with Crippen molar-refractivity contribution in [3.8, 4) is 5.75 Å². The van der Waals surface area contributed by atoms with Crippen molar-refractivity contribution in [2.24, 2.45) is 5.10 Å². The Bertz CT molecular complexity index is 935. The van der Waals surface area contributed by atoms with Crippen molar-refractivity contribution in [3.05, 3.63) is 78.4 Å². The number of carbonyl (C=O) groups excluding carboxylic acids is 1. The van der Waals surface area contributed by atoms with Crippen LogP contribution in [-0.2, 0) is 4.79 Å². The van der Waals surface area contributed by atoms with E-state index in [4.69, 9.17) is 9.84 Å². The molecule has 0 saturated heterocycles. The molecule has 5 nitrogen and oxygen atoms in total. The lowest BCUT2D eigenvalue weighted by Crippen LogP contribution is -2.42. The smallest absolute Gasteiger partial charge is 0.257 e. The number of nitrogens with zero attached hydrogens (tertiary/aromatic N) is 3. The first kappa shape index (κ1) is 21.3. The van der Waals surface area contributed by atoms with Gasteiger partial charge >= 0.3 is 0 Å². The maximum absolute atomic E-state index is 13.5. The molecule has 1 unspecified atom stereocenters. The van der Waals surface area contributed by atoms with Gasteiger partial charge in [-0.1, -0.05) is 67.4 Å². The van der Waals surface area contributed by atoms with Crippen LogP contribution in [-0.4, -0.2) is 47.8 Å².